The topological polar surface area (TPSA) is 32.6 Å². The molecule has 5 heteroatoms. The fraction of sp³-hybridized carbons (Fsp3) is 0.643. The van der Waals surface area contributed by atoms with Gasteiger partial charge in [0.25, 0.3) is 0 Å². The third kappa shape index (κ3) is 2.62. The molecular weight excluding hydrogens is 256 g/mol. The van der Waals surface area contributed by atoms with Crippen molar-refractivity contribution in [1.82, 2.24) is 14.7 Å². The van der Waals surface area contributed by atoms with Gasteiger partial charge in [-0.15, -0.1) is 11.3 Å². The quantitative estimate of drug-likeness (QED) is 0.933. The van der Waals surface area contributed by atoms with E-state index in [9.17, 15) is 0 Å². The summed E-state index contributed by atoms with van der Waals surface area (Å²) in [5, 5.41) is 5.64. The predicted octanol–water partition coefficient (Wildman–Crippen LogP) is 2.88. The molecule has 2 aromatic heterocycles. The highest BCUT2D eigenvalue weighted by Gasteiger charge is 2.20. The third-order valence-corrected chi connectivity index (χ3v) is 4.43. The van der Waals surface area contributed by atoms with Crippen LogP contribution in [-0.4, -0.2) is 28.5 Å². The van der Waals surface area contributed by atoms with Crippen LogP contribution in [0.2, 0.25) is 0 Å². The fourth-order valence-electron chi connectivity index (χ4n) is 2.65. The number of nitrogens with one attached hydrogen (secondary N) is 1. The molecule has 0 saturated carbocycles. The number of nitrogens with zero attached hydrogens (tertiary/aromatic N) is 3. The van der Waals surface area contributed by atoms with Gasteiger partial charge in [-0.1, -0.05) is 13.8 Å². The summed E-state index contributed by atoms with van der Waals surface area (Å²) in [6.45, 7) is 7.57. The maximum absolute atomic E-state index is 4.84. The van der Waals surface area contributed by atoms with E-state index < -0.39 is 0 Å². The van der Waals surface area contributed by atoms with Gasteiger partial charge in [-0.3, -0.25) is 4.40 Å². The van der Waals surface area contributed by atoms with Crippen LogP contribution in [0.4, 0.5) is 5.82 Å². The second-order valence-electron chi connectivity index (χ2n) is 5.52. The van der Waals surface area contributed by atoms with E-state index in [1.54, 1.807) is 11.3 Å². The molecule has 0 spiro atoms. The molecule has 1 aliphatic rings. The summed E-state index contributed by atoms with van der Waals surface area (Å²) in [5.41, 5.74) is 1.31. The molecule has 0 bridgehead atoms. The van der Waals surface area contributed by atoms with Crippen molar-refractivity contribution in [2.24, 2.45) is 0 Å². The molecular formula is C14H22N4S. The van der Waals surface area contributed by atoms with Crippen LogP contribution in [0.25, 0.3) is 4.96 Å². The fourth-order valence-corrected chi connectivity index (χ4v) is 3.37. The Labute approximate surface area is 118 Å². The summed E-state index contributed by atoms with van der Waals surface area (Å²) in [6, 6.07) is 0.499. The largest absolute Gasteiger partial charge is 0.355 e. The van der Waals surface area contributed by atoms with Gasteiger partial charge in [-0.25, -0.2) is 4.98 Å². The van der Waals surface area contributed by atoms with Crippen molar-refractivity contribution in [3.8, 4) is 0 Å². The molecule has 1 aliphatic heterocycles. The standard InChI is InChI=1S/C14H22N4S/c1-11(2)15-10-12-13(17-6-4-3-5-7-17)16-14-18(12)8-9-19-14/h8-9,11,15H,3-7,10H2,1-2H3. The van der Waals surface area contributed by atoms with Crippen molar-refractivity contribution in [3.05, 3.63) is 17.3 Å². The van der Waals surface area contributed by atoms with Gasteiger partial charge in [-0.05, 0) is 19.3 Å². The van der Waals surface area contributed by atoms with Crippen molar-refractivity contribution in [3.63, 3.8) is 0 Å². The zero-order valence-electron chi connectivity index (χ0n) is 11.7. The molecule has 1 saturated heterocycles. The predicted molar refractivity (Wildman–Crippen MR) is 81.1 cm³/mol. The van der Waals surface area contributed by atoms with Gasteiger partial charge in [-0.2, -0.15) is 0 Å². The average molecular weight is 278 g/mol. The number of thiazole rings is 1. The number of aromatic nitrogens is 2. The first-order chi connectivity index (χ1) is 9.25. The number of piperidine rings is 1. The molecule has 3 rings (SSSR count). The Hall–Kier alpha value is -1.07. The van der Waals surface area contributed by atoms with E-state index in [2.05, 4.69) is 40.0 Å². The summed E-state index contributed by atoms with van der Waals surface area (Å²) in [6.07, 6.45) is 6.08. The van der Waals surface area contributed by atoms with Gasteiger partial charge < -0.3 is 10.2 Å². The molecule has 3 heterocycles. The molecule has 0 unspecified atom stereocenters. The smallest absolute Gasteiger partial charge is 0.195 e. The summed E-state index contributed by atoms with van der Waals surface area (Å²) in [7, 11) is 0. The van der Waals surface area contributed by atoms with E-state index in [0.717, 1.165) is 24.6 Å². The van der Waals surface area contributed by atoms with E-state index in [0.29, 0.717) is 6.04 Å². The summed E-state index contributed by atoms with van der Waals surface area (Å²) < 4.78 is 2.24. The van der Waals surface area contributed by atoms with Crippen molar-refractivity contribution < 1.29 is 0 Å². The number of rotatable bonds is 4. The van der Waals surface area contributed by atoms with Crippen LogP contribution >= 0.6 is 11.3 Å². The molecule has 2 aromatic rings. The van der Waals surface area contributed by atoms with E-state index in [1.165, 1.54) is 30.8 Å². The maximum atomic E-state index is 4.84. The lowest BCUT2D eigenvalue weighted by molar-refractivity contribution is 0.559. The Bertz CT molecular complexity index is 537. The molecule has 0 radical (unpaired) electrons. The van der Waals surface area contributed by atoms with Crippen LogP contribution in [0.3, 0.4) is 0 Å². The Balaban J connectivity index is 1.92. The van der Waals surface area contributed by atoms with E-state index >= 15 is 0 Å². The molecule has 0 atom stereocenters. The molecule has 4 nitrogen and oxygen atoms in total. The lowest BCUT2D eigenvalue weighted by Gasteiger charge is -2.27. The lowest BCUT2D eigenvalue weighted by atomic mass is 10.1. The minimum absolute atomic E-state index is 0.499. The number of hydrogen-bond donors (Lipinski definition) is 1. The van der Waals surface area contributed by atoms with Crippen LogP contribution in [0.5, 0.6) is 0 Å². The van der Waals surface area contributed by atoms with Crippen molar-refractivity contribution in [2.75, 3.05) is 18.0 Å². The van der Waals surface area contributed by atoms with Crippen molar-refractivity contribution >= 4 is 22.1 Å². The number of fused-ring (bicyclic) bond motifs is 1. The first-order valence-corrected chi connectivity index (χ1v) is 8.06. The second kappa shape index (κ2) is 5.51. The SMILES string of the molecule is CC(C)NCc1c(N2CCCCC2)nc2sccn12. The highest BCUT2D eigenvalue weighted by molar-refractivity contribution is 7.15. The third-order valence-electron chi connectivity index (χ3n) is 3.67. The van der Waals surface area contributed by atoms with Crippen LogP contribution in [0, 0.1) is 0 Å². The van der Waals surface area contributed by atoms with Gasteiger partial charge in [0.2, 0.25) is 0 Å². The molecule has 0 aromatic carbocycles. The molecule has 19 heavy (non-hydrogen) atoms. The summed E-state index contributed by atoms with van der Waals surface area (Å²) in [4.78, 5) is 8.41. The lowest BCUT2D eigenvalue weighted by Crippen LogP contribution is -2.31. The monoisotopic (exact) mass is 278 g/mol. The highest BCUT2D eigenvalue weighted by atomic mass is 32.1. The first-order valence-electron chi connectivity index (χ1n) is 7.18. The van der Waals surface area contributed by atoms with Crippen LogP contribution in [0.1, 0.15) is 38.8 Å². The Kier molecular flexibility index (Phi) is 3.75. The molecule has 1 N–H and O–H groups in total. The van der Waals surface area contributed by atoms with Gasteiger partial charge in [0, 0.05) is 37.3 Å². The average Bonchev–Trinajstić information content (AvgIpc) is 2.98. The zero-order chi connectivity index (χ0) is 13.2. The van der Waals surface area contributed by atoms with Crippen LogP contribution < -0.4 is 10.2 Å². The zero-order valence-corrected chi connectivity index (χ0v) is 12.5. The minimum Gasteiger partial charge on any atom is -0.355 e. The van der Waals surface area contributed by atoms with Gasteiger partial charge >= 0.3 is 0 Å². The van der Waals surface area contributed by atoms with Crippen LogP contribution in [-0.2, 0) is 6.54 Å². The number of anilines is 1. The molecule has 0 amide bonds. The Morgan fingerprint density at radius 1 is 1.32 bits per heavy atom. The first kappa shape index (κ1) is 12.9. The molecule has 1 fully saturated rings. The maximum Gasteiger partial charge on any atom is 0.195 e. The molecule has 0 aliphatic carbocycles. The Morgan fingerprint density at radius 3 is 2.84 bits per heavy atom. The van der Waals surface area contributed by atoms with Gasteiger partial charge in [0.1, 0.15) is 0 Å². The van der Waals surface area contributed by atoms with Gasteiger partial charge in [0.15, 0.2) is 10.8 Å². The minimum atomic E-state index is 0.499. The van der Waals surface area contributed by atoms with Crippen LogP contribution in [0.15, 0.2) is 11.6 Å². The molecule has 104 valence electrons. The van der Waals surface area contributed by atoms with E-state index in [1.807, 2.05) is 0 Å². The normalized spacial score (nSPS) is 16.7. The van der Waals surface area contributed by atoms with E-state index in [4.69, 9.17) is 4.98 Å². The number of imidazole rings is 1. The highest BCUT2D eigenvalue weighted by Crippen LogP contribution is 2.27. The second-order valence-corrected chi connectivity index (χ2v) is 6.39. The Morgan fingerprint density at radius 2 is 2.11 bits per heavy atom. The van der Waals surface area contributed by atoms with E-state index in [-0.39, 0.29) is 0 Å². The van der Waals surface area contributed by atoms with Gasteiger partial charge in [0.05, 0.1) is 5.69 Å². The number of hydrogen-bond acceptors (Lipinski definition) is 4. The van der Waals surface area contributed by atoms with Crippen molar-refractivity contribution in [2.45, 2.75) is 45.7 Å². The summed E-state index contributed by atoms with van der Waals surface area (Å²) in [5.74, 6) is 1.19. The van der Waals surface area contributed by atoms with Crippen molar-refractivity contribution in [1.29, 1.82) is 0 Å². The summed E-state index contributed by atoms with van der Waals surface area (Å²) >= 11 is 1.72.